The maximum Gasteiger partial charge on any atom is 0.272 e. The molecule has 0 bridgehead atoms. The van der Waals surface area contributed by atoms with E-state index in [1.54, 1.807) is 12.1 Å². The van der Waals surface area contributed by atoms with E-state index in [9.17, 15) is 10.1 Å². The van der Waals surface area contributed by atoms with E-state index in [1.807, 2.05) is 20.0 Å². The van der Waals surface area contributed by atoms with Gasteiger partial charge in [0.05, 0.1) is 4.92 Å². The van der Waals surface area contributed by atoms with Crippen molar-refractivity contribution in [3.05, 3.63) is 39.4 Å². The van der Waals surface area contributed by atoms with Crippen LogP contribution in [0.1, 0.15) is 24.0 Å². The molecule has 0 heterocycles. The lowest BCUT2D eigenvalue weighted by molar-refractivity contribution is -0.385. The molecule has 4 nitrogen and oxygen atoms in total. The van der Waals surface area contributed by atoms with Gasteiger partial charge in [-0.3, -0.25) is 10.1 Å². The molecule has 86 valence electrons. The van der Waals surface area contributed by atoms with Crippen LogP contribution in [0.15, 0.2) is 18.2 Å². The molecule has 0 aromatic heterocycles. The third-order valence-corrected chi connectivity index (χ3v) is 3.34. The van der Waals surface area contributed by atoms with Crippen molar-refractivity contribution in [1.29, 1.82) is 0 Å². The fourth-order valence-corrected chi connectivity index (χ4v) is 2.06. The van der Waals surface area contributed by atoms with Crippen LogP contribution < -0.4 is 5.32 Å². The quantitative estimate of drug-likeness (QED) is 0.625. The van der Waals surface area contributed by atoms with Crippen LogP contribution in [0.2, 0.25) is 0 Å². The van der Waals surface area contributed by atoms with Gasteiger partial charge in [0.15, 0.2) is 0 Å². The van der Waals surface area contributed by atoms with E-state index in [0.29, 0.717) is 0 Å². The minimum Gasteiger partial charge on any atom is -0.314 e. The fourth-order valence-electron chi connectivity index (χ4n) is 2.06. The Balaban J connectivity index is 2.31. The second-order valence-corrected chi connectivity index (χ2v) is 4.60. The molecule has 1 aromatic carbocycles. The van der Waals surface area contributed by atoms with Crippen molar-refractivity contribution in [1.82, 2.24) is 5.32 Å². The Bertz CT molecular complexity index is 425. The summed E-state index contributed by atoms with van der Waals surface area (Å²) in [4.78, 5) is 10.6. The zero-order valence-electron chi connectivity index (χ0n) is 9.62. The highest BCUT2D eigenvalue weighted by Crippen LogP contribution is 2.39. The molecule has 1 saturated carbocycles. The molecule has 0 atom stereocenters. The van der Waals surface area contributed by atoms with Crippen molar-refractivity contribution in [2.24, 2.45) is 0 Å². The Morgan fingerprint density at radius 1 is 1.50 bits per heavy atom. The van der Waals surface area contributed by atoms with Crippen molar-refractivity contribution in [3.63, 3.8) is 0 Å². The first-order valence-corrected chi connectivity index (χ1v) is 5.49. The summed E-state index contributed by atoms with van der Waals surface area (Å²) < 4.78 is 0. The molecule has 1 aliphatic carbocycles. The Hall–Kier alpha value is -1.42. The minimum atomic E-state index is -0.291. The maximum atomic E-state index is 10.9. The molecule has 0 spiro atoms. The van der Waals surface area contributed by atoms with Crippen molar-refractivity contribution in [3.8, 4) is 0 Å². The lowest BCUT2D eigenvalue weighted by atomic mass is 10.0. The molecular formula is C12H16N2O2. The fraction of sp³-hybridized carbons (Fsp3) is 0.500. The average Bonchev–Trinajstić information content (AvgIpc) is 2.98. The van der Waals surface area contributed by atoms with Gasteiger partial charge in [0, 0.05) is 17.2 Å². The van der Waals surface area contributed by atoms with Gasteiger partial charge in [0.1, 0.15) is 0 Å². The average molecular weight is 220 g/mol. The number of aryl methyl sites for hydroxylation is 1. The zero-order chi connectivity index (χ0) is 11.8. The van der Waals surface area contributed by atoms with Crippen molar-refractivity contribution in [2.75, 3.05) is 7.05 Å². The normalized spacial score (nSPS) is 17.1. The summed E-state index contributed by atoms with van der Waals surface area (Å²) in [6.45, 7) is 1.96. The summed E-state index contributed by atoms with van der Waals surface area (Å²) >= 11 is 0. The van der Waals surface area contributed by atoms with Gasteiger partial charge in [-0.1, -0.05) is 11.6 Å². The Morgan fingerprint density at radius 2 is 2.19 bits per heavy atom. The number of hydrogen-bond donors (Lipinski definition) is 1. The molecule has 0 aliphatic heterocycles. The number of rotatable bonds is 4. The second-order valence-electron chi connectivity index (χ2n) is 4.60. The predicted molar refractivity (Wildman–Crippen MR) is 62.6 cm³/mol. The number of hydrogen-bond acceptors (Lipinski definition) is 3. The molecule has 1 aromatic rings. The van der Waals surface area contributed by atoms with E-state index in [0.717, 1.165) is 30.4 Å². The largest absolute Gasteiger partial charge is 0.314 e. The molecular weight excluding hydrogens is 204 g/mol. The highest BCUT2D eigenvalue weighted by Gasteiger charge is 2.42. The molecule has 1 aliphatic rings. The van der Waals surface area contributed by atoms with Crippen molar-refractivity contribution >= 4 is 5.69 Å². The number of likely N-dealkylation sites (N-methyl/N-ethyl adjacent to an activating group) is 1. The Labute approximate surface area is 94.8 Å². The van der Waals surface area contributed by atoms with Crippen LogP contribution in [0.3, 0.4) is 0 Å². The molecule has 0 unspecified atom stereocenters. The van der Waals surface area contributed by atoms with Crippen LogP contribution in [0, 0.1) is 17.0 Å². The van der Waals surface area contributed by atoms with Crippen LogP contribution in [0.5, 0.6) is 0 Å². The first-order valence-electron chi connectivity index (χ1n) is 5.49. The maximum absolute atomic E-state index is 10.9. The molecule has 4 heteroatoms. The van der Waals surface area contributed by atoms with E-state index in [4.69, 9.17) is 0 Å². The van der Waals surface area contributed by atoms with Gasteiger partial charge in [0.25, 0.3) is 5.69 Å². The zero-order valence-corrected chi connectivity index (χ0v) is 9.62. The van der Waals surface area contributed by atoms with Gasteiger partial charge in [-0.05, 0) is 39.3 Å². The smallest absolute Gasteiger partial charge is 0.272 e. The van der Waals surface area contributed by atoms with Gasteiger partial charge in [0.2, 0.25) is 0 Å². The SMILES string of the molecule is CNC1(Cc2cc(C)ccc2[N+](=O)[O-])CC1. The van der Waals surface area contributed by atoms with Crippen LogP contribution >= 0.6 is 0 Å². The molecule has 0 amide bonds. The second kappa shape index (κ2) is 3.87. The van der Waals surface area contributed by atoms with E-state index in [2.05, 4.69) is 5.32 Å². The van der Waals surface area contributed by atoms with E-state index < -0.39 is 0 Å². The third-order valence-electron chi connectivity index (χ3n) is 3.34. The number of nitrogens with one attached hydrogen (secondary N) is 1. The standard InChI is InChI=1S/C12H16N2O2/c1-9-3-4-11(14(15)16)10(7-9)8-12(13-2)5-6-12/h3-4,7,13H,5-6,8H2,1-2H3. The minimum absolute atomic E-state index is 0.110. The summed E-state index contributed by atoms with van der Waals surface area (Å²) in [7, 11) is 1.93. The van der Waals surface area contributed by atoms with Gasteiger partial charge in [-0.25, -0.2) is 0 Å². The Kier molecular flexibility index (Phi) is 2.68. The molecule has 2 rings (SSSR count). The molecule has 0 saturated heterocycles. The third kappa shape index (κ3) is 2.07. The molecule has 1 N–H and O–H groups in total. The number of nitro groups is 1. The summed E-state index contributed by atoms with van der Waals surface area (Å²) in [5, 5.41) is 14.2. The number of nitro benzene ring substituents is 1. The molecule has 0 radical (unpaired) electrons. The molecule has 1 fully saturated rings. The lowest BCUT2D eigenvalue weighted by Crippen LogP contribution is -2.29. The summed E-state index contributed by atoms with van der Waals surface area (Å²) in [6.07, 6.45) is 2.96. The van der Waals surface area contributed by atoms with Gasteiger partial charge < -0.3 is 5.32 Å². The highest BCUT2D eigenvalue weighted by molar-refractivity contribution is 5.44. The summed E-state index contributed by atoms with van der Waals surface area (Å²) in [5.41, 5.74) is 2.27. The van der Waals surface area contributed by atoms with Crippen molar-refractivity contribution < 1.29 is 4.92 Å². The van der Waals surface area contributed by atoms with Crippen LogP contribution in [0.4, 0.5) is 5.69 Å². The van der Waals surface area contributed by atoms with E-state index in [1.165, 1.54) is 0 Å². The number of nitrogens with zero attached hydrogens (tertiary/aromatic N) is 1. The van der Waals surface area contributed by atoms with Crippen LogP contribution in [-0.4, -0.2) is 17.5 Å². The van der Waals surface area contributed by atoms with E-state index >= 15 is 0 Å². The predicted octanol–water partition coefficient (Wildman–Crippen LogP) is 2.20. The first-order chi connectivity index (χ1) is 7.56. The van der Waals surface area contributed by atoms with E-state index in [-0.39, 0.29) is 16.1 Å². The first kappa shape index (κ1) is 11.1. The van der Waals surface area contributed by atoms with Gasteiger partial charge in [-0.2, -0.15) is 0 Å². The van der Waals surface area contributed by atoms with Gasteiger partial charge >= 0.3 is 0 Å². The highest BCUT2D eigenvalue weighted by atomic mass is 16.6. The monoisotopic (exact) mass is 220 g/mol. The summed E-state index contributed by atoms with van der Waals surface area (Å²) in [5.74, 6) is 0. The van der Waals surface area contributed by atoms with Crippen LogP contribution in [-0.2, 0) is 6.42 Å². The molecule has 16 heavy (non-hydrogen) atoms. The van der Waals surface area contributed by atoms with Crippen molar-refractivity contribution in [2.45, 2.75) is 31.7 Å². The number of benzene rings is 1. The van der Waals surface area contributed by atoms with Crippen LogP contribution in [0.25, 0.3) is 0 Å². The topological polar surface area (TPSA) is 55.2 Å². The Morgan fingerprint density at radius 3 is 2.69 bits per heavy atom. The summed E-state index contributed by atoms with van der Waals surface area (Å²) in [6, 6.07) is 5.33. The lowest BCUT2D eigenvalue weighted by Gasteiger charge is -2.14. The van der Waals surface area contributed by atoms with Gasteiger partial charge in [-0.15, -0.1) is 0 Å².